The van der Waals surface area contributed by atoms with Crippen LogP contribution in [-0.2, 0) is 0 Å². The van der Waals surface area contributed by atoms with Gasteiger partial charge in [0.25, 0.3) is 0 Å². The normalized spacial score (nSPS) is 37.2. The smallest absolute Gasteiger partial charge is 0.0248 e. The molecule has 3 fully saturated rings. The van der Waals surface area contributed by atoms with Gasteiger partial charge in [-0.05, 0) is 31.6 Å². The molecule has 2 N–H and O–H groups in total. The van der Waals surface area contributed by atoms with Crippen molar-refractivity contribution >= 4 is 0 Å². The topological polar surface area (TPSA) is 32.5 Å². The van der Waals surface area contributed by atoms with E-state index in [0.717, 1.165) is 5.92 Å². The standard InChI is InChI=1S/C14H27N3/c15-13-3-1-2-4-14(13)17-9-7-16(8-10-17)11-12-5-6-12/h12-14H,1-11,15H2. The van der Waals surface area contributed by atoms with Gasteiger partial charge in [-0.2, -0.15) is 0 Å². The minimum atomic E-state index is 0.443. The van der Waals surface area contributed by atoms with Crippen molar-refractivity contribution in [3.8, 4) is 0 Å². The van der Waals surface area contributed by atoms with Crippen LogP contribution in [0.4, 0.5) is 0 Å². The van der Waals surface area contributed by atoms with Crippen LogP contribution in [0.15, 0.2) is 0 Å². The average Bonchev–Trinajstić information content (AvgIpc) is 3.15. The molecule has 1 heterocycles. The highest BCUT2D eigenvalue weighted by Crippen LogP contribution is 2.30. The van der Waals surface area contributed by atoms with Gasteiger partial charge in [0.15, 0.2) is 0 Å². The summed E-state index contributed by atoms with van der Waals surface area (Å²) in [5.74, 6) is 1.04. The summed E-state index contributed by atoms with van der Waals surface area (Å²) in [5.41, 5.74) is 6.28. The van der Waals surface area contributed by atoms with Gasteiger partial charge in [0, 0.05) is 44.8 Å². The lowest BCUT2D eigenvalue weighted by Gasteiger charge is -2.43. The molecule has 0 amide bonds. The van der Waals surface area contributed by atoms with E-state index in [1.54, 1.807) is 0 Å². The molecule has 2 atom stereocenters. The maximum absolute atomic E-state index is 6.28. The molecule has 3 heteroatoms. The molecule has 17 heavy (non-hydrogen) atoms. The molecule has 0 aromatic rings. The number of rotatable bonds is 3. The zero-order valence-corrected chi connectivity index (χ0v) is 11.0. The van der Waals surface area contributed by atoms with Crippen LogP contribution in [0.2, 0.25) is 0 Å². The highest BCUT2D eigenvalue weighted by molar-refractivity contribution is 4.89. The van der Waals surface area contributed by atoms with Crippen molar-refractivity contribution in [2.75, 3.05) is 32.7 Å². The summed E-state index contributed by atoms with van der Waals surface area (Å²) in [6, 6.07) is 1.13. The van der Waals surface area contributed by atoms with E-state index in [9.17, 15) is 0 Å². The molecular weight excluding hydrogens is 210 g/mol. The molecule has 0 aromatic heterocycles. The van der Waals surface area contributed by atoms with Gasteiger partial charge in [-0.3, -0.25) is 4.90 Å². The Kier molecular flexibility index (Phi) is 3.69. The van der Waals surface area contributed by atoms with E-state index in [-0.39, 0.29) is 0 Å². The average molecular weight is 237 g/mol. The van der Waals surface area contributed by atoms with Crippen LogP contribution in [0.1, 0.15) is 38.5 Å². The van der Waals surface area contributed by atoms with Crippen molar-refractivity contribution in [2.24, 2.45) is 11.7 Å². The van der Waals surface area contributed by atoms with E-state index < -0.39 is 0 Å². The molecule has 2 aliphatic carbocycles. The van der Waals surface area contributed by atoms with Gasteiger partial charge in [0.1, 0.15) is 0 Å². The summed E-state index contributed by atoms with van der Waals surface area (Å²) in [7, 11) is 0. The molecule has 3 aliphatic rings. The highest BCUT2D eigenvalue weighted by Gasteiger charge is 2.31. The second-order valence-electron chi connectivity index (χ2n) is 6.30. The zero-order valence-electron chi connectivity index (χ0n) is 11.0. The minimum absolute atomic E-state index is 0.443. The second kappa shape index (κ2) is 5.25. The molecule has 2 saturated carbocycles. The number of piperazine rings is 1. The molecule has 0 radical (unpaired) electrons. The minimum Gasteiger partial charge on any atom is -0.326 e. The molecule has 3 rings (SSSR count). The first-order valence-electron chi connectivity index (χ1n) is 7.55. The largest absolute Gasteiger partial charge is 0.326 e. The monoisotopic (exact) mass is 237 g/mol. The van der Waals surface area contributed by atoms with Crippen molar-refractivity contribution < 1.29 is 0 Å². The molecule has 1 saturated heterocycles. The van der Waals surface area contributed by atoms with E-state index in [2.05, 4.69) is 9.80 Å². The quantitative estimate of drug-likeness (QED) is 0.803. The first-order valence-corrected chi connectivity index (χ1v) is 7.55. The summed E-state index contributed by atoms with van der Waals surface area (Å²) in [5, 5.41) is 0. The van der Waals surface area contributed by atoms with Gasteiger partial charge in [-0.25, -0.2) is 0 Å². The van der Waals surface area contributed by atoms with Crippen LogP contribution < -0.4 is 5.73 Å². The molecule has 0 spiro atoms. The van der Waals surface area contributed by atoms with E-state index in [1.807, 2.05) is 0 Å². The summed E-state index contributed by atoms with van der Waals surface area (Å²) >= 11 is 0. The lowest BCUT2D eigenvalue weighted by molar-refractivity contribution is 0.0675. The number of nitrogens with two attached hydrogens (primary N) is 1. The third-order valence-electron chi connectivity index (χ3n) is 4.87. The lowest BCUT2D eigenvalue weighted by Crippen LogP contribution is -2.56. The maximum atomic E-state index is 6.28. The van der Waals surface area contributed by atoms with E-state index in [1.165, 1.54) is 71.2 Å². The zero-order chi connectivity index (χ0) is 11.7. The molecule has 0 bridgehead atoms. The van der Waals surface area contributed by atoms with Crippen molar-refractivity contribution in [3.05, 3.63) is 0 Å². The first-order chi connectivity index (χ1) is 8.33. The Bertz CT molecular complexity index is 244. The van der Waals surface area contributed by atoms with Crippen LogP contribution in [0.3, 0.4) is 0 Å². The predicted molar refractivity (Wildman–Crippen MR) is 71.0 cm³/mol. The fraction of sp³-hybridized carbons (Fsp3) is 1.00. The molecular formula is C14H27N3. The Morgan fingerprint density at radius 3 is 2.24 bits per heavy atom. The third kappa shape index (κ3) is 3.01. The van der Waals surface area contributed by atoms with Crippen LogP contribution in [0.5, 0.6) is 0 Å². The van der Waals surface area contributed by atoms with Crippen molar-refractivity contribution in [1.82, 2.24) is 9.80 Å². The summed E-state index contributed by atoms with van der Waals surface area (Å²) < 4.78 is 0. The maximum Gasteiger partial charge on any atom is 0.0248 e. The Hall–Kier alpha value is -0.120. The molecule has 2 unspecified atom stereocenters. The Labute approximate surface area is 105 Å². The van der Waals surface area contributed by atoms with E-state index in [0.29, 0.717) is 12.1 Å². The summed E-state index contributed by atoms with van der Waals surface area (Å²) in [4.78, 5) is 5.34. The van der Waals surface area contributed by atoms with Crippen molar-refractivity contribution in [2.45, 2.75) is 50.6 Å². The Morgan fingerprint density at radius 1 is 0.882 bits per heavy atom. The van der Waals surface area contributed by atoms with Crippen LogP contribution in [0.25, 0.3) is 0 Å². The van der Waals surface area contributed by atoms with Crippen LogP contribution in [0, 0.1) is 5.92 Å². The first kappa shape index (κ1) is 11.9. The summed E-state index contributed by atoms with van der Waals surface area (Å²) in [6.07, 6.45) is 8.28. The number of hydrogen-bond donors (Lipinski definition) is 1. The van der Waals surface area contributed by atoms with Crippen molar-refractivity contribution in [1.29, 1.82) is 0 Å². The highest BCUT2D eigenvalue weighted by atomic mass is 15.3. The van der Waals surface area contributed by atoms with E-state index >= 15 is 0 Å². The molecule has 98 valence electrons. The van der Waals surface area contributed by atoms with Gasteiger partial charge in [0.05, 0.1) is 0 Å². The molecule has 3 nitrogen and oxygen atoms in total. The third-order valence-corrected chi connectivity index (χ3v) is 4.87. The van der Waals surface area contributed by atoms with E-state index in [4.69, 9.17) is 5.73 Å². The van der Waals surface area contributed by atoms with Gasteiger partial charge in [-0.15, -0.1) is 0 Å². The number of hydrogen-bond acceptors (Lipinski definition) is 3. The van der Waals surface area contributed by atoms with Gasteiger partial charge >= 0.3 is 0 Å². The van der Waals surface area contributed by atoms with Crippen LogP contribution in [-0.4, -0.2) is 54.6 Å². The van der Waals surface area contributed by atoms with Gasteiger partial charge < -0.3 is 10.6 Å². The van der Waals surface area contributed by atoms with Gasteiger partial charge in [0.2, 0.25) is 0 Å². The second-order valence-corrected chi connectivity index (χ2v) is 6.30. The molecule has 0 aromatic carbocycles. The van der Waals surface area contributed by atoms with Gasteiger partial charge in [-0.1, -0.05) is 12.8 Å². The lowest BCUT2D eigenvalue weighted by atomic mass is 9.89. The SMILES string of the molecule is NC1CCCCC1N1CCN(CC2CC2)CC1. The fourth-order valence-electron chi connectivity index (χ4n) is 3.54. The predicted octanol–water partition coefficient (Wildman–Crippen LogP) is 1.28. The Morgan fingerprint density at radius 2 is 1.59 bits per heavy atom. The fourth-order valence-corrected chi connectivity index (χ4v) is 3.54. The van der Waals surface area contributed by atoms with Crippen LogP contribution >= 0.6 is 0 Å². The summed E-state index contributed by atoms with van der Waals surface area (Å²) in [6.45, 7) is 6.43. The Balaban J connectivity index is 1.46. The number of nitrogens with zero attached hydrogens (tertiary/aromatic N) is 2. The van der Waals surface area contributed by atoms with Crippen molar-refractivity contribution in [3.63, 3.8) is 0 Å². The molecule has 1 aliphatic heterocycles.